The maximum Gasteiger partial charge on any atom is 0.238 e. The first kappa shape index (κ1) is 18.2. The molecule has 1 saturated heterocycles. The van der Waals surface area contributed by atoms with E-state index < -0.39 is 0 Å². The van der Waals surface area contributed by atoms with Crippen molar-refractivity contribution in [2.24, 2.45) is 0 Å². The molecule has 1 amide bonds. The second kappa shape index (κ2) is 7.82. The molecule has 2 aliphatic rings. The minimum atomic E-state index is -0.366. The maximum absolute atomic E-state index is 12.4. The number of nitrogens with one attached hydrogen (secondary N) is 4. The van der Waals surface area contributed by atoms with E-state index in [2.05, 4.69) is 39.4 Å². The van der Waals surface area contributed by atoms with Gasteiger partial charge >= 0.3 is 0 Å². The number of amides is 1. The Morgan fingerprint density at radius 3 is 2.63 bits per heavy atom. The van der Waals surface area contributed by atoms with E-state index in [4.69, 9.17) is 0 Å². The Balaban J connectivity index is 1.44. The Hall–Kier alpha value is -2.18. The number of carbonyl (C=O) groups excluding carboxylic acids is 2. The van der Waals surface area contributed by atoms with Crippen molar-refractivity contribution in [1.82, 2.24) is 21.2 Å². The molecule has 4 rings (SSSR count). The van der Waals surface area contributed by atoms with Gasteiger partial charge in [0.05, 0.1) is 6.04 Å². The molecule has 1 aliphatic carbocycles. The van der Waals surface area contributed by atoms with Crippen molar-refractivity contribution in [1.29, 1.82) is 0 Å². The summed E-state index contributed by atoms with van der Waals surface area (Å²) in [5.41, 5.74) is 11.0. The summed E-state index contributed by atoms with van der Waals surface area (Å²) in [6.45, 7) is 2.04. The molecule has 2 aromatic rings. The van der Waals surface area contributed by atoms with Gasteiger partial charge in [0.15, 0.2) is 0 Å². The van der Waals surface area contributed by atoms with E-state index in [1.54, 1.807) is 0 Å². The maximum atomic E-state index is 12.4. The number of hydrogen-bond donors (Lipinski definition) is 4. The van der Waals surface area contributed by atoms with Crippen LogP contribution in [-0.4, -0.2) is 28.8 Å². The van der Waals surface area contributed by atoms with Gasteiger partial charge in [-0.3, -0.25) is 9.59 Å². The molecular weight excluding hydrogens is 340 g/mol. The number of carbonyl (C=O) groups is 2. The van der Waals surface area contributed by atoms with Crippen LogP contribution in [0.4, 0.5) is 0 Å². The highest BCUT2D eigenvalue weighted by molar-refractivity contribution is 5.87. The van der Waals surface area contributed by atoms with Crippen LogP contribution in [0.25, 0.3) is 10.9 Å². The molecule has 1 fully saturated rings. The molecule has 1 aromatic carbocycles. The van der Waals surface area contributed by atoms with E-state index in [0.29, 0.717) is 13.0 Å². The molecule has 2 atom stereocenters. The van der Waals surface area contributed by atoms with Gasteiger partial charge in [-0.1, -0.05) is 18.9 Å². The summed E-state index contributed by atoms with van der Waals surface area (Å²) < 4.78 is 0. The SMILES string of the molecule is CC(=O)C1CC(C(=O)NCc2ccc3[nH]c4c(c3c2)CCCCCC4)NN1. The number of benzene rings is 1. The van der Waals surface area contributed by atoms with Crippen molar-refractivity contribution < 1.29 is 9.59 Å². The molecule has 0 bridgehead atoms. The van der Waals surface area contributed by atoms with E-state index in [-0.39, 0.29) is 23.8 Å². The highest BCUT2D eigenvalue weighted by Crippen LogP contribution is 2.28. The third-order valence-corrected chi connectivity index (χ3v) is 5.84. The van der Waals surface area contributed by atoms with Crippen molar-refractivity contribution in [2.45, 2.75) is 70.5 Å². The molecule has 0 radical (unpaired) electrons. The average Bonchev–Trinajstić information content (AvgIpc) is 3.25. The smallest absolute Gasteiger partial charge is 0.238 e. The number of fused-ring (bicyclic) bond motifs is 3. The fourth-order valence-electron chi connectivity index (χ4n) is 4.22. The molecule has 0 saturated carbocycles. The lowest BCUT2D eigenvalue weighted by Gasteiger charge is -2.11. The Bertz CT molecular complexity index is 857. The minimum Gasteiger partial charge on any atom is -0.358 e. The Morgan fingerprint density at radius 1 is 1.07 bits per heavy atom. The van der Waals surface area contributed by atoms with Crippen LogP contribution in [0.3, 0.4) is 0 Å². The summed E-state index contributed by atoms with van der Waals surface area (Å²) in [4.78, 5) is 27.4. The van der Waals surface area contributed by atoms with Crippen molar-refractivity contribution in [3.05, 3.63) is 35.0 Å². The molecule has 2 unspecified atom stereocenters. The van der Waals surface area contributed by atoms with Gasteiger partial charge < -0.3 is 10.3 Å². The topological polar surface area (TPSA) is 86.0 Å². The predicted molar refractivity (Wildman–Crippen MR) is 105 cm³/mol. The van der Waals surface area contributed by atoms with Crippen LogP contribution < -0.4 is 16.2 Å². The van der Waals surface area contributed by atoms with Gasteiger partial charge in [-0.15, -0.1) is 0 Å². The second-order valence-corrected chi connectivity index (χ2v) is 7.83. The van der Waals surface area contributed by atoms with Crippen LogP contribution in [0.2, 0.25) is 0 Å². The number of hydrazine groups is 1. The Kier molecular flexibility index (Phi) is 5.27. The Labute approximate surface area is 159 Å². The third-order valence-electron chi connectivity index (χ3n) is 5.84. The van der Waals surface area contributed by atoms with Crippen molar-refractivity contribution in [2.75, 3.05) is 0 Å². The largest absolute Gasteiger partial charge is 0.358 e. The number of aryl methyl sites for hydroxylation is 2. The zero-order chi connectivity index (χ0) is 18.8. The summed E-state index contributed by atoms with van der Waals surface area (Å²) in [6.07, 6.45) is 7.89. The van der Waals surface area contributed by atoms with Crippen LogP contribution in [0.5, 0.6) is 0 Å². The van der Waals surface area contributed by atoms with Crippen LogP contribution in [0.1, 0.15) is 55.8 Å². The molecule has 6 heteroatoms. The van der Waals surface area contributed by atoms with E-state index >= 15 is 0 Å². The highest BCUT2D eigenvalue weighted by Gasteiger charge is 2.31. The van der Waals surface area contributed by atoms with E-state index in [1.807, 2.05) is 0 Å². The van der Waals surface area contributed by atoms with E-state index in [1.165, 1.54) is 54.8 Å². The number of H-pyrrole nitrogens is 1. The lowest BCUT2D eigenvalue weighted by Crippen LogP contribution is -2.43. The number of ketones is 1. The number of aromatic nitrogens is 1. The summed E-state index contributed by atoms with van der Waals surface area (Å²) in [6, 6.07) is 5.77. The van der Waals surface area contributed by atoms with Gasteiger partial charge in [0.25, 0.3) is 0 Å². The quantitative estimate of drug-likeness (QED) is 0.667. The lowest BCUT2D eigenvalue weighted by molar-refractivity contribution is -0.123. The molecule has 0 spiro atoms. The van der Waals surface area contributed by atoms with Gasteiger partial charge in [-0.2, -0.15) is 0 Å². The Morgan fingerprint density at radius 2 is 1.85 bits per heavy atom. The fourth-order valence-corrected chi connectivity index (χ4v) is 4.22. The van der Waals surface area contributed by atoms with Crippen LogP contribution in [0.15, 0.2) is 18.2 Å². The van der Waals surface area contributed by atoms with Crippen LogP contribution >= 0.6 is 0 Å². The third kappa shape index (κ3) is 3.92. The monoisotopic (exact) mass is 368 g/mol. The van der Waals surface area contributed by atoms with Gasteiger partial charge in [-0.25, -0.2) is 10.9 Å². The molecule has 1 aromatic heterocycles. The zero-order valence-corrected chi connectivity index (χ0v) is 15.9. The molecule has 27 heavy (non-hydrogen) atoms. The highest BCUT2D eigenvalue weighted by atomic mass is 16.2. The van der Waals surface area contributed by atoms with Crippen molar-refractivity contribution in [3.8, 4) is 0 Å². The summed E-state index contributed by atoms with van der Waals surface area (Å²) in [7, 11) is 0. The molecule has 144 valence electrons. The molecule has 2 heterocycles. The van der Waals surface area contributed by atoms with E-state index in [0.717, 1.165) is 18.4 Å². The number of aromatic amines is 1. The van der Waals surface area contributed by atoms with Gasteiger partial charge in [0.1, 0.15) is 11.8 Å². The lowest BCUT2D eigenvalue weighted by atomic mass is 9.96. The zero-order valence-electron chi connectivity index (χ0n) is 15.9. The standard InChI is InChI=1S/C21H28N4O2/c1-13(26)19-11-20(25-24-19)21(27)22-12-14-8-9-18-16(10-14)15-6-4-2-3-5-7-17(15)23-18/h8-10,19-20,23-25H,2-7,11-12H2,1H3,(H,22,27). The molecule has 1 aliphatic heterocycles. The van der Waals surface area contributed by atoms with E-state index in [9.17, 15) is 9.59 Å². The average molecular weight is 368 g/mol. The molecule has 4 N–H and O–H groups in total. The van der Waals surface area contributed by atoms with Gasteiger partial charge in [-0.05, 0) is 62.3 Å². The summed E-state index contributed by atoms with van der Waals surface area (Å²) in [5, 5.41) is 4.30. The summed E-state index contributed by atoms with van der Waals surface area (Å²) >= 11 is 0. The van der Waals surface area contributed by atoms with Gasteiger partial charge in [0, 0.05) is 23.1 Å². The summed E-state index contributed by atoms with van der Waals surface area (Å²) in [5.74, 6) is -0.0251. The second-order valence-electron chi connectivity index (χ2n) is 7.83. The first-order chi connectivity index (χ1) is 13.1. The first-order valence-electron chi connectivity index (χ1n) is 10.0. The van der Waals surface area contributed by atoms with Crippen LogP contribution in [0, 0.1) is 0 Å². The first-order valence-corrected chi connectivity index (χ1v) is 10.0. The van der Waals surface area contributed by atoms with Gasteiger partial charge in [0.2, 0.25) is 5.91 Å². The fraction of sp³-hybridized carbons (Fsp3) is 0.524. The van der Waals surface area contributed by atoms with Crippen molar-refractivity contribution in [3.63, 3.8) is 0 Å². The normalized spacial score (nSPS) is 22.9. The minimum absolute atomic E-state index is 0.0483. The number of Topliss-reactive ketones (excluding diaryl/α,β-unsaturated/α-hetero) is 1. The molecule has 6 nitrogen and oxygen atoms in total. The van der Waals surface area contributed by atoms with Crippen LogP contribution in [-0.2, 0) is 29.0 Å². The molecular formula is C21H28N4O2. The number of hydrogen-bond acceptors (Lipinski definition) is 4. The predicted octanol–water partition coefficient (Wildman–Crippen LogP) is 2.27. The number of rotatable bonds is 4. The van der Waals surface area contributed by atoms with Crippen molar-refractivity contribution >= 4 is 22.6 Å².